The van der Waals surface area contributed by atoms with Crippen LogP contribution in [0.2, 0.25) is 0 Å². The zero-order valence-corrected chi connectivity index (χ0v) is 9.81. The Morgan fingerprint density at radius 1 is 1.00 bits per heavy atom. The van der Waals surface area contributed by atoms with Gasteiger partial charge in [0.2, 0.25) is 0 Å². The third-order valence-electron chi connectivity index (χ3n) is 2.80. The van der Waals surface area contributed by atoms with Gasteiger partial charge < -0.3 is 0 Å². The monoisotopic (exact) mass is 178 g/mol. The van der Waals surface area contributed by atoms with Gasteiger partial charge in [0.25, 0.3) is 0 Å². The molecule has 0 aromatic rings. The summed E-state index contributed by atoms with van der Waals surface area (Å²) < 4.78 is 0. The molecule has 0 atom stereocenters. The Hall–Kier alpha value is -0.780. The molecule has 0 rings (SSSR count). The molecule has 0 aromatic carbocycles. The van der Waals surface area contributed by atoms with Gasteiger partial charge in [-0.3, -0.25) is 0 Å². The quantitative estimate of drug-likeness (QED) is 0.441. The molecule has 0 bridgehead atoms. The topological polar surface area (TPSA) is 0 Å². The Labute approximate surface area is 83.0 Å². The molecule has 0 aliphatic rings. The molecular weight excluding hydrogens is 156 g/mol. The highest BCUT2D eigenvalue weighted by Gasteiger charge is 2.21. The van der Waals surface area contributed by atoms with Gasteiger partial charge in [0, 0.05) is 5.41 Å². The predicted octanol–water partition coefficient (Wildman–Crippen LogP) is 4.50. The van der Waals surface area contributed by atoms with Gasteiger partial charge in [-0.2, -0.15) is 0 Å². The summed E-state index contributed by atoms with van der Waals surface area (Å²) in [4.78, 5) is 0. The first kappa shape index (κ1) is 12.2. The van der Waals surface area contributed by atoms with Crippen molar-refractivity contribution in [3.05, 3.63) is 35.5 Å². The average Bonchev–Trinajstić information content (AvgIpc) is 2.12. The molecule has 0 aromatic heterocycles. The van der Waals surface area contributed by atoms with Crippen LogP contribution in [0.3, 0.4) is 0 Å². The molecule has 0 saturated carbocycles. The van der Waals surface area contributed by atoms with Crippen LogP contribution in [0.4, 0.5) is 0 Å². The van der Waals surface area contributed by atoms with Gasteiger partial charge in [-0.25, -0.2) is 0 Å². The Kier molecular flexibility index (Phi) is 4.76. The van der Waals surface area contributed by atoms with Crippen molar-refractivity contribution in [3.8, 4) is 0 Å². The van der Waals surface area contributed by atoms with E-state index in [2.05, 4.69) is 65.8 Å². The number of rotatable bonds is 3. The third-order valence-corrected chi connectivity index (χ3v) is 2.80. The summed E-state index contributed by atoms with van der Waals surface area (Å²) in [7, 11) is 0. The second kappa shape index (κ2) is 5.06. The molecule has 0 unspecified atom stereocenters. The van der Waals surface area contributed by atoms with E-state index < -0.39 is 0 Å². The summed E-state index contributed by atoms with van der Waals surface area (Å²) in [6.45, 7) is 13.0. The van der Waals surface area contributed by atoms with E-state index >= 15 is 0 Å². The summed E-state index contributed by atoms with van der Waals surface area (Å²) in [5.41, 5.74) is 2.96. The summed E-state index contributed by atoms with van der Waals surface area (Å²) >= 11 is 0. The second-order valence-corrected chi connectivity index (χ2v) is 3.84. The molecule has 0 nitrogen and oxygen atoms in total. The lowest BCUT2D eigenvalue weighted by molar-refractivity contribution is 0.550. The summed E-state index contributed by atoms with van der Waals surface area (Å²) in [6, 6.07) is 0. The summed E-state index contributed by atoms with van der Waals surface area (Å²) in [5.74, 6) is 0. The lowest BCUT2D eigenvalue weighted by Crippen LogP contribution is -2.15. The molecular formula is C13H22. The van der Waals surface area contributed by atoms with Crippen LogP contribution in [0, 0.1) is 5.41 Å². The van der Waals surface area contributed by atoms with Crippen molar-refractivity contribution in [2.75, 3.05) is 0 Å². The molecule has 0 amide bonds. The lowest BCUT2D eigenvalue weighted by Gasteiger charge is -2.27. The van der Waals surface area contributed by atoms with Crippen molar-refractivity contribution in [2.24, 2.45) is 5.41 Å². The van der Waals surface area contributed by atoms with Crippen LogP contribution in [-0.2, 0) is 0 Å². The minimum absolute atomic E-state index is 0.163. The molecule has 0 heterocycles. The van der Waals surface area contributed by atoms with Gasteiger partial charge in [-0.15, -0.1) is 0 Å². The SMILES string of the molecule is C/C=C\C(=C/C)C(C)(C)/C(C)=C/C. The van der Waals surface area contributed by atoms with E-state index in [1.807, 2.05) is 0 Å². The smallest absolute Gasteiger partial charge is 0.00988 e. The minimum atomic E-state index is 0.163. The van der Waals surface area contributed by atoms with E-state index in [4.69, 9.17) is 0 Å². The maximum atomic E-state index is 2.26. The summed E-state index contributed by atoms with van der Waals surface area (Å²) in [5, 5.41) is 0. The Morgan fingerprint density at radius 2 is 1.54 bits per heavy atom. The molecule has 0 heteroatoms. The van der Waals surface area contributed by atoms with E-state index in [9.17, 15) is 0 Å². The zero-order chi connectivity index (χ0) is 10.5. The lowest BCUT2D eigenvalue weighted by atomic mass is 9.77. The van der Waals surface area contributed by atoms with Crippen molar-refractivity contribution in [1.82, 2.24) is 0 Å². The van der Waals surface area contributed by atoms with Crippen LogP contribution in [-0.4, -0.2) is 0 Å². The maximum absolute atomic E-state index is 2.26. The van der Waals surface area contributed by atoms with Crippen molar-refractivity contribution in [1.29, 1.82) is 0 Å². The summed E-state index contributed by atoms with van der Waals surface area (Å²) in [6.07, 6.45) is 8.66. The largest absolute Gasteiger partial charge is 0.0879 e. The molecule has 0 saturated heterocycles. The fraction of sp³-hybridized carbons (Fsp3) is 0.538. The molecule has 0 N–H and O–H groups in total. The van der Waals surface area contributed by atoms with Gasteiger partial charge in [-0.1, -0.05) is 43.7 Å². The molecule has 0 aliphatic carbocycles. The van der Waals surface area contributed by atoms with Crippen molar-refractivity contribution in [3.63, 3.8) is 0 Å². The highest BCUT2D eigenvalue weighted by atomic mass is 14.3. The van der Waals surface area contributed by atoms with Crippen molar-refractivity contribution >= 4 is 0 Å². The fourth-order valence-corrected chi connectivity index (χ4v) is 1.43. The number of allylic oxidation sites excluding steroid dienone is 6. The Balaban J connectivity index is 5.01. The first-order valence-corrected chi connectivity index (χ1v) is 4.93. The van der Waals surface area contributed by atoms with E-state index in [1.165, 1.54) is 11.1 Å². The normalized spacial score (nSPS) is 15.5. The van der Waals surface area contributed by atoms with Gasteiger partial charge >= 0.3 is 0 Å². The first-order valence-electron chi connectivity index (χ1n) is 4.93. The van der Waals surface area contributed by atoms with E-state index in [1.54, 1.807) is 0 Å². The van der Waals surface area contributed by atoms with Crippen LogP contribution in [0.1, 0.15) is 41.5 Å². The molecule has 13 heavy (non-hydrogen) atoms. The Bertz CT molecular complexity index is 237. The third kappa shape index (κ3) is 2.87. The van der Waals surface area contributed by atoms with Crippen molar-refractivity contribution < 1.29 is 0 Å². The second-order valence-electron chi connectivity index (χ2n) is 3.84. The van der Waals surface area contributed by atoms with Crippen LogP contribution >= 0.6 is 0 Å². The fourth-order valence-electron chi connectivity index (χ4n) is 1.43. The van der Waals surface area contributed by atoms with E-state index in [0.29, 0.717) is 0 Å². The highest BCUT2D eigenvalue weighted by molar-refractivity contribution is 5.33. The number of hydrogen-bond donors (Lipinski definition) is 0. The van der Waals surface area contributed by atoms with Gasteiger partial charge in [0.15, 0.2) is 0 Å². The van der Waals surface area contributed by atoms with Crippen LogP contribution in [0.5, 0.6) is 0 Å². The van der Waals surface area contributed by atoms with Crippen LogP contribution in [0.15, 0.2) is 35.5 Å². The van der Waals surface area contributed by atoms with Crippen molar-refractivity contribution in [2.45, 2.75) is 41.5 Å². The Morgan fingerprint density at radius 3 is 1.85 bits per heavy atom. The van der Waals surface area contributed by atoms with Crippen LogP contribution < -0.4 is 0 Å². The van der Waals surface area contributed by atoms with Gasteiger partial charge in [-0.05, 0) is 33.3 Å². The maximum Gasteiger partial charge on any atom is 0.00988 e. The van der Waals surface area contributed by atoms with Crippen LogP contribution in [0.25, 0.3) is 0 Å². The molecule has 0 aliphatic heterocycles. The van der Waals surface area contributed by atoms with E-state index in [0.717, 1.165) is 0 Å². The zero-order valence-electron chi connectivity index (χ0n) is 9.81. The average molecular weight is 178 g/mol. The molecule has 0 spiro atoms. The molecule has 0 fully saturated rings. The van der Waals surface area contributed by atoms with Gasteiger partial charge in [0.05, 0.1) is 0 Å². The van der Waals surface area contributed by atoms with E-state index in [-0.39, 0.29) is 5.41 Å². The minimum Gasteiger partial charge on any atom is -0.0879 e. The number of hydrogen-bond acceptors (Lipinski definition) is 0. The molecule has 74 valence electrons. The standard InChI is InChI=1S/C13H22/c1-7-10-12(9-3)13(5,6)11(4)8-2/h7-10H,1-6H3/b10-7-,11-8+,12-9+. The molecule has 0 radical (unpaired) electrons. The van der Waals surface area contributed by atoms with Gasteiger partial charge in [0.1, 0.15) is 0 Å². The highest BCUT2D eigenvalue weighted by Crippen LogP contribution is 2.34. The first-order chi connectivity index (χ1) is 6.00. The predicted molar refractivity (Wildman–Crippen MR) is 61.8 cm³/mol.